The van der Waals surface area contributed by atoms with Crippen molar-refractivity contribution in [3.63, 3.8) is 0 Å². The topological polar surface area (TPSA) is 96.7 Å². The maximum atomic E-state index is 10.8. The fourth-order valence-corrected chi connectivity index (χ4v) is 3.06. The SMILES string of the molecule is CC(=O)NCCc1cncn1Cc1ccc(C#N)cc1.Nc1cc(Cl)cc(Cl)c1. The standard InChI is InChI=1S/C15H16N4O.C6H5Cl2N/c1-12(20)18-7-6-15-9-17-11-19(15)10-14-4-2-13(8-16)3-5-14;7-4-1-5(8)3-6(9)2-4/h2-5,9,11H,6-7,10H2,1H3,(H,18,20);1-3H,9H2. The number of nitrogen functional groups attached to an aromatic ring is 1. The number of hydrogen-bond acceptors (Lipinski definition) is 4. The van der Waals surface area contributed by atoms with Crippen LogP contribution in [0.1, 0.15) is 23.7 Å². The number of halogens is 2. The van der Waals surface area contributed by atoms with Crippen LogP contribution >= 0.6 is 23.2 Å². The second kappa shape index (κ2) is 11.1. The Labute approximate surface area is 179 Å². The largest absolute Gasteiger partial charge is 0.399 e. The number of nitrogens with one attached hydrogen (secondary N) is 1. The van der Waals surface area contributed by atoms with E-state index in [1.807, 2.05) is 35.0 Å². The van der Waals surface area contributed by atoms with E-state index < -0.39 is 0 Å². The monoisotopic (exact) mass is 429 g/mol. The number of nitrogens with zero attached hydrogens (tertiary/aromatic N) is 3. The van der Waals surface area contributed by atoms with E-state index in [4.69, 9.17) is 34.2 Å². The number of amides is 1. The van der Waals surface area contributed by atoms with E-state index in [9.17, 15) is 4.79 Å². The van der Waals surface area contributed by atoms with Crippen molar-refractivity contribution in [3.8, 4) is 6.07 Å². The number of carbonyl (C=O) groups is 1. The summed E-state index contributed by atoms with van der Waals surface area (Å²) in [6, 6.07) is 14.5. The van der Waals surface area contributed by atoms with Crippen LogP contribution in [0.3, 0.4) is 0 Å². The number of benzene rings is 2. The van der Waals surface area contributed by atoms with Gasteiger partial charge in [0.25, 0.3) is 0 Å². The summed E-state index contributed by atoms with van der Waals surface area (Å²) < 4.78 is 2.04. The highest BCUT2D eigenvalue weighted by Crippen LogP contribution is 2.19. The third-order valence-corrected chi connectivity index (χ3v) is 4.31. The summed E-state index contributed by atoms with van der Waals surface area (Å²) >= 11 is 11.2. The van der Waals surface area contributed by atoms with E-state index in [1.165, 1.54) is 6.92 Å². The molecule has 150 valence electrons. The average molecular weight is 430 g/mol. The maximum absolute atomic E-state index is 10.8. The van der Waals surface area contributed by atoms with Gasteiger partial charge < -0.3 is 15.6 Å². The number of anilines is 1. The third kappa shape index (κ3) is 7.86. The summed E-state index contributed by atoms with van der Waals surface area (Å²) in [6.07, 6.45) is 4.34. The first kappa shape index (κ1) is 22.3. The van der Waals surface area contributed by atoms with Gasteiger partial charge in [-0.3, -0.25) is 4.79 Å². The van der Waals surface area contributed by atoms with Gasteiger partial charge >= 0.3 is 0 Å². The molecule has 0 radical (unpaired) electrons. The molecule has 1 aromatic heterocycles. The lowest BCUT2D eigenvalue weighted by molar-refractivity contribution is -0.118. The number of carbonyl (C=O) groups excluding carboxylic acids is 1. The molecule has 1 heterocycles. The average Bonchev–Trinajstić information content (AvgIpc) is 3.08. The van der Waals surface area contributed by atoms with Crippen LogP contribution in [0.5, 0.6) is 0 Å². The van der Waals surface area contributed by atoms with Crippen molar-refractivity contribution < 1.29 is 4.79 Å². The zero-order valence-electron chi connectivity index (χ0n) is 15.9. The molecule has 0 fully saturated rings. The second-order valence-electron chi connectivity index (χ2n) is 6.26. The van der Waals surface area contributed by atoms with Crippen LogP contribution in [-0.2, 0) is 17.8 Å². The lowest BCUT2D eigenvalue weighted by Crippen LogP contribution is -2.23. The van der Waals surface area contributed by atoms with Crippen LogP contribution in [0, 0.1) is 11.3 Å². The van der Waals surface area contributed by atoms with Crippen molar-refractivity contribution in [2.45, 2.75) is 19.9 Å². The highest BCUT2D eigenvalue weighted by Gasteiger charge is 2.03. The number of rotatable bonds is 5. The Morgan fingerprint density at radius 1 is 1.21 bits per heavy atom. The minimum absolute atomic E-state index is 0.0249. The maximum Gasteiger partial charge on any atom is 0.216 e. The smallest absolute Gasteiger partial charge is 0.216 e. The molecule has 0 aliphatic carbocycles. The van der Waals surface area contributed by atoms with E-state index in [1.54, 1.807) is 24.5 Å². The molecule has 0 atom stereocenters. The Balaban J connectivity index is 0.000000278. The van der Waals surface area contributed by atoms with E-state index in [-0.39, 0.29) is 5.91 Å². The van der Waals surface area contributed by atoms with Gasteiger partial charge in [-0.15, -0.1) is 0 Å². The first-order valence-electron chi connectivity index (χ1n) is 8.81. The fraction of sp³-hybridized carbons (Fsp3) is 0.190. The highest BCUT2D eigenvalue weighted by molar-refractivity contribution is 6.35. The van der Waals surface area contributed by atoms with Crippen molar-refractivity contribution in [1.82, 2.24) is 14.9 Å². The number of nitrogens with two attached hydrogens (primary N) is 1. The molecule has 0 bridgehead atoms. The minimum Gasteiger partial charge on any atom is -0.399 e. The molecule has 3 N–H and O–H groups in total. The molecule has 0 spiro atoms. The summed E-state index contributed by atoms with van der Waals surface area (Å²) in [5, 5.41) is 12.7. The highest BCUT2D eigenvalue weighted by atomic mass is 35.5. The fourth-order valence-electron chi connectivity index (χ4n) is 2.52. The van der Waals surface area contributed by atoms with Crippen LogP contribution in [-0.4, -0.2) is 22.0 Å². The minimum atomic E-state index is -0.0249. The number of imidazole rings is 1. The number of nitriles is 1. The van der Waals surface area contributed by atoms with Gasteiger partial charge in [0, 0.05) is 54.1 Å². The predicted molar refractivity (Wildman–Crippen MR) is 116 cm³/mol. The van der Waals surface area contributed by atoms with Crippen LogP contribution in [0.25, 0.3) is 0 Å². The first-order chi connectivity index (χ1) is 13.9. The first-order valence-corrected chi connectivity index (χ1v) is 9.57. The zero-order chi connectivity index (χ0) is 21.2. The lowest BCUT2D eigenvalue weighted by Gasteiger charge is -2.08. The van der Waals surface area contributed by atoms with Crippen molar-refractivity contribution in [2.24, 2.45) is 0 Å². The molecule has 3 aromatic rings. The third-order valence-electron chi connectivity index (χ3n) is 3.87. The quantitative estimate of drug-likeness (QED) is 0.597. The molecule has 0 saturated carbocycles. The zero-order valence-corrected chi connectivity index (χ0v) is 17.4. The van der Waals surface area contributed by atoms with Crippen LogP contribution in [0.4, 0.5) is 5.69 Å². The molecule has 2 aromatic carbocycles. The van der Waals surface area contributed by atoms with E-state index in [2.05, 4.69) is 16.4 Å². The summed E-state index contributed by atoms with van der Waals surface area (Å²) in [4.78, 5) is 15.0. The molecular formula is C21H21Cl2N5O. The van der Waals surface area contributed by atoms with Gasteiger partial charge in [-0.25, -0.2) is 4.98 Å². The van der Waals surface area contributed by atoms with Crippen LogP contribution in [0.2, 0.25) is 10.0 Å². The van der Waals surface area contributed by atoms with Crippen molar-refractivity contribution in [2.75, 3.05) is 12.3 Å². The molecule has 0 aliphatic heterocycles. The summed E-state index contributed by atoms with van der Waals surface area (Å²) in [6.45, 7) is 2.82. The van der Waals surface area contributed by atoms with E-state index in [0.717, 1.165) is 17.7 Å². The normalized spacial score (nSPS) is 9.86. The molecule has 8 heteroatoms. The van der Waals surface area contributed by atoms with Gasteiger partial charge in [-0.1, -0.05) is 35.3 Å². The van der Waals surface area contributed by atoms with Gasteiger partial charge in [0.2, 0.25) is 5.91 Å². The van der Waals surface area contributed by atoms with Crippen LogP contribution in [0.15, 0.2) is 55.0 Å². The molecule has 0 aliphatic rings. The lowest BCUT2D eigenvalue weighted by atomic mass is 10.1. The molecule has 6 nitrogen and oxygen atoms in total. The van der Waals surface area contributed by atoms with Crippen molar-refractivity contribution in [3.05, 3.63) is 81.9 Å². The Kier molecular flexibility index (Phi) is 8.53. The van der Waals surface area contributed by atoms with Gasteiger partial charge in [-0.2, -0.15) is 5.26 Å². The Morgan fingerprint density at radius 2 is 1.86 bits per heavy atom. The van der Waals surface area contributed by atoms with Crippen molar-refractivity contribution >= 4 is 34.8 Å². The Bertz CT molecular complexity index is 943. The number of aromatic nitrogens is 2. The predicted octanol–water partition coefficient (Wildman–Crippen LogP) is 4.06. The molecular weight excluding hydrogens is 409 g/mol. The van der Waals surface area contributed by atoms with Gasteiger partial charge in [-0.05, 0) is 35.9 Å². The van der Waals surface area contributed by atoms with Gasteiger partial charge in [0.15, 0.2) is 0 Å². The van der Waals surface area contributed by atoms with Crippen LogP contribution < -0.4 is 11.1 Å². The Hall–Kier alpha value is -3.01. The molecule has 0 saturated heterocycles. The second-order valence-corrected chi connectivity index (χ2v) is 7.13. The van der Waals surface area contributed by atoms with E-state index >= 15 is 0 Å². The molecule has 3 rings (SSSR count). The molecule has 0 unspecified atom stereocenters. The molecule has 29 heavy (non-hydrogen) atoms. The van der Waals surface area contributed by atoms with Gasteiger partial charge in [0.05, 0.1) is 18.0 Å². The summed E-state index contributed by atoms with van der Waals surface area (Å²) in [5.41, 5.74) is 8.82. The van der Waals surface area contributed by atoms with E-state index in [0.29, 0.717) is 34.4 Å². The number of hydrogen-bond donors (Lipinski definition) is 2. The summed E-state index contributed by atoms with van der Waals surface area (Å²) in [7, 11) is 0. The summed E-state index contributed by atoms with van der Waals surface area (Å²) in [5.74, 6) is -0.0249. The Morgan fingerprint density at radius 3 is 2.41 bits per heavy atom. The van der Waals surface area contributed by atoms with Crippen molar-refractivity contribution in [1.29, 1.82) is 5.26 Å². The molecule has 1 amide bonds. The van der Waals surface area contributed by atoms with Gasteiger partial charge in [0.1, 0.15) is 0 Å².